The van der Waals surface area contributed by atoms with Gasteiger partial charge in [0.2, 0.25) is 6.79 Å². The molecule has 0 aromatic heterocycles. The molecule has 6 heteroatoms. The standard InChI is InChI=1S/C16H19BrO5/c1-15(21-6-7-22-15)4-5-16(9-17,10-18)12-2-3-13-14(8-12)20-11-19-13/h2-3,8,10H,4-7,9,11H2,1H3. The Labute approximate surface area is 138 Å². The van der Waals surface area contributed by atoms with E-state index >= 15 is 0 Å². The Kier molecular flexibility index (Phi) is 4.43. The summed E-state index contributed by atoms with van der Waals surface area (Å²) < 4.78 is 22.0. The summed E-state index contributed by atoms with van der Waals surface area (Å²) in [7, 11) is 0. The summed E-state index contributed by atoms with van der Waals surface area (Å²) in [6.07, 6.45) is 2.27. The van der Waals surface area contributed by atoms with E-state index in [9.17, 15) is 4.79 Å². The largest absolute Gasteiger partial charge is 0.454 e. The van der Waals surface area contributed by atoms with Gasteiger partial charge in [-0.2, -0.15) is 0 Å². The lowest BCUT2D eigenvalue weighted by Crippen LogP contribution is -2.35. The molecule has 0 radical (unpaired) electrons. The summed E-state index contributed by atoms with van der Waals surface area (Å²) in [5, 5.41) is 0.527. The maximum Gasteiger partial charge on any atom is 0.231 e. The summed E-state index contributed by atoms with van der Waals surface area (Å²) in [6, 6.07) is 5.65. The van der Waals surface area contributed by atoms with Crippen molar-refractivity contribution in [2.75, 3.05) is 25.3 Å². The average Bonchev–Trinajstić information content (AvgIpc) is 3.17. The number of carbonyl (C=O) groups is 1. The Balaban J connectivity index is 1.82. The van der Waals surface area contributed by atoms with Crippen molar-refractivity contribution in [1.29, 1.82) is 0 Å². The van der Waals surface area contributed by atoms with Crippen LogP contribution in [0.4, 0.5) is 0 Å². The molecule has 0 amide bonds. The van der Waals surface area contributed by atoms with E-state index in [4.69, 9.17) is 18.9 Å². The van der Waals surface area contributed by atoms with Crippen LogP contribution in [0, 0.1) is 0 Å². The molecule has 0 saturated carbocycles. The Morgan fingerprint density at radius 3 is 2.68 bits per heavy atom. The van der Waals surface area contributed by atoms with Gasteiger partial charge < -0.3 is 23.7 Å². The van der Waals surface area contributed by atoms with Gasteiger partial charge in [0.05, 0.1) is 18.6 Å². The van der Waals surface area contributed by atoms with Crippen molar-refractivity contribution in [3.05, 3.63) is 23.8 Å². The second-order valence-corrected chi connectivity index (χ2v) is 6.37. The molecular weight excluding hydrogens is 352 g/mol. The molecule has 1 saturated heterocycles. The average molecular weight is 371 g/mol. The minimum atomic E-state index is -0.640. The minimum absolute atomic E-state index is 0.223. The number of alkyl halides is 1. The first-order valence-electron chi connectivity index (χ1n) is 7.31. The lowest BCUT2D eigenvalue weighted by atomic mass is 9.78. The van der Waals surface area contributed by atoms with Crippen molar-refractivity contribution in [2.45, 2.75) is 31.0 Å². The smallest absolute Gasteiger partial charge is 0.231 e. The van der Waals surface area contributed by atoms with Crippen molar-refractivity contribution in [2.24, 2.45) is 0 Å². The first kappa shape index (κ1) is 15.8. The molecule has 2 aliphatic heterocycles. The van der Waals surface area contributed by atoms with Crippen LogP contribution in [0.5, 0.6) is 11.5 Å². The third kappa shape index (κ3) is 2.87. The van der Waals surface area contributed by atoms with Gasteiger partial charge in [0.25, 0.3) is 0 Å². The predicted molar refractivity (Wildman–Crippen MR) is 83.6 cm³/mol. The van der Waals surface area contributed by atoms with Gasteiger partial charge >= 0.3 is 0 Å². The van der Waals surface area contributed by atoms with Crippen molar-refractivity contribution in [1.82, 2.24) is 0 Å². The highest BCUT2D eigenvalue weighted by atomic mass is 79.9. The van der Waals surface area contributed by atoms with Crippen molar-refractivity contribution < 1.29 is 23.7 Å². The fourth-order valence-corrected chi connectivity index (χ4v) is 3.54. The fourth-order valence-electron chi connectivity index (χ4n) is 2.80. The third-order valence-corrected chi connectivity index (χ3v) is 5.34. The molecule has 2 heterocycles. The maximum absolute atomic E-state index is 11.9. The molecule has 0 bridgehead atoms. The summed E-state index contributed by atoms with van der Waals surface area (Å²) in [5.41, 5.74) is 0.268. The summed E-state index contributed by atoms with van der Waals surface area (Å²) in [6.45, 7) is 3.34. The summed E-state index contributed by atoms with van der Waals surface area (Å²) in [5.74, 6) is 0.795. The molecule has 0 N–H and O–H groups in total. The molecule has 1 fully saturated rings. The first-order chi connectivity index (χ1) is 10.6. The monoisotopic (exact) mass is 370 g/mol. The van der Waals surface area contributed by atoms with E-state index in [0.29, 0.717) is 42.9 Å². The van der Waals surface area contributed by atoms with E-state index < -0.39 is 11.2 Å². The van der Waals surface area contributed by atoms with Crippen molar-refractivity contribution in [3.8, 4) is 11.5 Å². The predicted octanol–water partition coefficient (Wildman–Crippen LogP) is 2.79. The number of benzene rings is 1. The Morgan fingerprint density at radius 2 is 2.00 bits per heavy atom. The van der Waals surface area contributed by atoms with Crippen LogP contribution in [-0.2, 0) is 19.7 Å². The number of hydrogen-bond donors (Lipinski definition) is 0. The van der Waals surface area contributed by atoms with Crippen LogP contribution in [0.2, 0.25) is 0 Å². The molecule has 0 spiro atoms. The van der Waals surface area contributed by atoms with Gasteiger partial charge in [0.1, 0.15) is 6.29 Å². The van der Waals surface area contributed by atoms with E-state index in [0.717, 1.165) is 11.8 Å². The van der Waals surface area contributed by atoms with E-state index in [1.165, 1.54) is 0 Å². The number of hydrogen-bond acceptors (Lipinski definition) is 5. The van der Waals surface area contributed by atoms with Crippen molar-refractivity contribution >= 4 is 22.2 Å². The molecule has 5 nitrogen and oxygen atoms in total. The number of rotatable bonds is 6. The van der Waals surface area contributed by atoms with Crippen LogP contribution < -0.4 is 9.47 Å². The van der Waals surface area contributed by atoms with E-state index in [1.807, 2.05) is 25.1 Å². The Morgan fingerprint density at radius 1 is 1.27 bits per heavy atom. The van der Waals surface area contributed by atoms with Gasteiger partial charge in [-0.1, -0.05) is 22.0 Å². The van der Waals surface area contributed by atoms with Crippen LogP contribution in [0.1, 0.15) is 25.3 Å². The molecule has 22 heavy (non-hydrogen) atoms. The summed E-state index contributed by atoms with van der Waals surface area (Å²) >= 11 is 3.49. The maximum atomic E-state index is 11.9. The highest BCUT2D eigenvalue weighted by Crippen LogP contribution is 2.40. The molecule has 1 aromatic carbocycles. The van der Waals surface area contributed by atoms with Gasteiger partial charge in [-0.25, -0.2) is 0 Å². The van der Waals surface area contributed by atoms with E-state index in [2.05, 4.69) is 15.9 Å². The zero-order valence-electron chi connectivity index (χ0n) is 12.5. The molecule has 3 rings (SSSR count). The highest BCUT2D eigenvalue weighted by Gasteiger charge is 2.38. The SMILES string of the molecule is CC1(CCC(C=O)(CBr)c2ccc3c(c2)OCO3)OCCO1. The van der Waals surface area contributed by atoms with Gasteiger partial charge in [0.15, 0.2) is 17.3 Å². The van der Waals surface area contributed by atoms with Gasteiger partial charge in [0, 0.05) is 11.8 Å². The number of carbonyl (C=O) groups excluding carboxylic acids is 1. The fraction of sp³-hybridized carbons (Fsp3) is 0.562. The topological polar surface area (TPSA) is 54.0 Å². The second-order valence-electron chi connectivity index (χ2n) is 5.81. The lowest BCUT2D eigenvalue weighted by Gasteiger charge is -2.31. The Hall–Kier alpha value is -1.11. The number of aldehydes is 1. The van der Waals surface area contributed by atoms with E-state index in [-0.39, 0.29) is 6.79 Å². The molecule has 120 valence electrons. The quantitative estimate of drug-likeness (QED) is 0.569. The number of ether oxygens (including phenoxy) is 4. The van der Waals surface area contributed by atoms with Gasteiger partial charge in [-0.15, -0.1) is 0 Å². The zero-order valence-corrected chi connectivity index (χ0v) is 14.1. The highest BCUT2D eigenvalue weighted by molar-refractivity contribution is 9.09. The van der Waals surface area contributed by atoms with Gasteiger partial charge in [-0.3, -0.25) is 0 Å². The normalized spacial score (nSPS) is 21.5. The van der Waals surface area contributed by atoms with E-state index in [1.54, 1.807) is 0 Å². The van der Waals surface area contributed by atoms with Crippen molar-refractivity contribution in [3.63, 3.8) is 0 Å². The molecule has 1 unspecified atom stereocenters. The molecule has 0 aliphatic carbocycles. The van der Waals surface area contributed by atoms with Gasteiger partial charge in [-0.05, 0) is 31.0 Å². The third-order valence-electron chi connectivity index (χ3n) is 4.33. The molecule has 1 aromatic rings. The second kappa shape index (κ2) is 6.18. The molecule has 2 aliphatic rings. The minimum Gasteiger partial charge on any atom is -0.454 e. The number of fused-ring (bicyclic) bond motifs is 1. The van der Waals surface area contributed by atoms with Crippen LogP contribution >= 0.6 is 15.9 Å². The molecular formula is C16H19BrO5. The van der Waals surface area contributed by atoms with Crippen LogP contribution in [0.15, 0.2) is 18.2 Å². The van der Waals surface area contributed by atoms with Crippen LogP contribution in [0.3, 0.4) is 0 Å². The lowest BCUT2D eigenvalue weighted by molar-refractivity contribution is -0.150. The first-order valence-corrected chi connectivity index (χ1v) is 8.43. The van der Waals surface area contributed by atoms with Crippen LogP contribution in [0.25, 0.3) is 0 Å². The molecule has 1 atom stereocenters. The Bertz CT molecular complexity index is 555. The zero-order chi connectivity index (χ0) is 15.6. The summed E-state index contributed by atoms with van der Waals surface area (Å²) in [4.78, 5) is 11.9. The number of halogens is 1. The van der Waals surface area contributed by atoms with Crippen LogP contribution in [-0.4, -0.2) is 37.4 Å².